The average molecular weight is 501 g/mol. The molecule has 0 saturated carbocycles. The molecule has 0 fully saturated rings. The molecule has 1 atom stereocenters. The second kappa shape index (κ2) is 8.77. The van der Waals surface area contributed by atoms with E-state index >= 15 is 0 Å². The van der Waals surface area contributed by atoms with Gasteiger partial charge in [0.05, 0.1) is 31.6 Å². The third-order valence-corrected chi connectivity index (χ3v) is 5.80. The van der Waals surface area contributed by atoms with E-state index in [2.05, 4.69) is 63.3 Å². The lowest BCUT2D eigenvalue weighted by molar-refractivity contribution is -0.138. The van der Waals surface area contributed by atoms with Crippen molar-refractivity contribution in [2.75, 3.05) is 6.61 Å². The highest BCUT2D eigenvalue weighted by molar-refractivity contribution is 14.1. The largest absolute Gasteiger partial charge is 0.463 e. The fourth-order valence-electron chi connectivity index (χ4n) is 2.62. The molecule has 2 rings (SSSR count). The number of esters is 1. The molecule has 0 spiro atoms. The summed E-state index contributed by atoms with van der Waals surface area (Å²) >= 11 is 5.65. The summed E-state index contributed by atoms with van der Waals surface area (Å²) in [4.78, 5) is 16.6. The van der Waals surface area contributed by atoms with Crippen LogP contribution in [0.25, 0.3) is 0 Å². The summed E-state index contributed by atoms with van der Waals surface area (Å²) in [6.07, 6.45) is 7.77. The number of pyridine rings is 1. The Kier molecular flexibility index (Phi) is 6.99. The van der Waals surface area contributed by atoms with Crippen molar-refractivity contribution in [1.29, 1.82) is 5.26 Å². The van der Waals surface area contributed by atoms with Gasteiger partial charge in [0.15, 0.2) is 0 Å². The van der Waals surface area contributed by atoms with Gasteiger partial charge in [0.1, 0.15) is 6.07 Å². The molecule has 0 aliphatic heterocycles. The Balaban J connectivity index is 2.42. The zero-order valence-electron chi connectivity index (χ0n) is 13.4. The van der Waals surface area contributed by atoms with Crippen molar-refractivity contribution in [2.24, 2.45) is 0 Å². The van der Waals surface area contributed by atoms with Crippen molar-refractivity contribution in [2.45, 2.75) is 38.5 Å². The topological polar surface area (TPSA) is 63.0 Å². The highest BCUT2D eigenvalue weighted by Crippen LogP contribution is 2.36. The summed E-state index contributed by atoms with van der Waals surface area (Å²) in [5.74, 6) is -0.234. The minimum Gasteiger partial charge on any atom is -0.463 e. The molecule has 1 aliphatic rings. The fourth-order valence-corrected chi connectivity index (χ4v) is 4.36. The maximum absolute atomic E-state index is 11.8. The number of hydrogen-bond acceptors (Lipinski definition) is 4. The van der Waals surface area contributed by atoms with E-state index in [9.17, 15) is 10.1 Å². The fraction of sp³-hybridized carbons (Fsp3) is 0.389. The summed E-state index contributed by atoms with van der Waals surface area (Å²) in [5.41, 5.74) is 2.46. The first-order valence-electron chi connectivity index (χ1n) is 7.79. The Hall–Kier alpha value is -1.20. The maximum Gasteiger partial charge on any atom is 0.333 e. The molecule has 0 aromatic carbocycles. The molecule has 24 heavy (non-hydrogen) atoms. The summed E-state index contributed by atoms with van der Waals surface area (Å²) < 4.78 is 6.48. The van der Waals surface area contributed by atoms with Gasteiger partial charge < -0.3 is 4.74 Å². The minimum absolute atomic E-state index is 0.187. The van der Waals surface area contributed by atoms with Gasteiger partial charge in [-0.2, -0.15) is 5.26 Å². The van der Waals surface area contributed by atoms with Crippen molar-refractivity contribution in [3.63, 3.8) is 0 Å². The number of nitriles is 1. The van der Waals surface area contributed by atoms with Crippen molar-refractivity contribution < 1.29 is 9.53 Å². The average Bonchev–Trinajstić information content (AvgIpc) is 2.58. The number of nitrogens with zero attached hydrogens (tertiary/aromatic N) is 2. The van der Waals surface area contributed by atoms with Crippen molar-refractivity contribution in [1.82, 2.24) is 4.98 Å². The standard InChI is InChI=1S/C18H18BrIN2O2/c1-3-24-18(23)11(2)9-14-16(20)13(10-21)15(19)17(22-14)12-7-5-4-6-8-12/h5,7,12H,2-4,6,8-9H2,1H3. The van der Waals surface area contributed by atoms with Crippen LogP contribution in [-0.2, 0) is 16.0 Å². The predicted octanol–water partition coefficient (Wildman–Crippen LogP) is 4.81. The van der Waals surface area contributed by atoms with Gasteiger partial charge in [-0.15, -0.1) is 0 Å². The first-order chi connectivity index (χ1) is 11.5. The van der Waals surface area contributed by atoms with Crippen molar-refractivity contribution in [3.05, 3.63) is 49.3 Å². The second-order valence-electron chi connectivity index (χ2n) is 5.52. The lowest BCUT2D eigenvalue weighted by Crippen LogP contribution is -2.13. The molecule has 1 aromatic rings. The van der Waals surface area contributed by atoms with E-state index in [4.69, 9.17) is 9.72 Å². The van der Waals surface area contributed by atoms with E-state index in [0.29, 0.717) is 23.4 Å². The number of halogens is 2. The molecule has 4 nitrogen and oxygen atoms in total. The number of allylic oxidation sites excluding steroid dienone is 2. The molecule has 0 radical (unpaired) electrons. The molecular formula is C18H18BrIN2O2. The molecule has 1 aromatic heterocycles. The van der Waals surface area contributed by atoms with Crippen LogP contribution in [0.1, 0.15) is 49.1 Å². The van der Waals surface area contributed by atoms with Gasteiger partial charge in [-0.25, -0.2) is 4.79 Å². The summed E-state index contributed by atoms with van der Waals surface area (Å²) in [6.45, 7) is 5.87. The molecule has 0 N–H and O–H groups in total. The summed E-state index contributed by atoms with van der Waals surface area (Å²) in [7, 11) is 0. The highest BCUT2D eigenvalue weighted by atomic mass is 127. The monoisotopic (exact) mass is 500 g/mol. The van der Waals surface area contributed by atoms with Crippen LogP contribution >= 0.6 is 38.5 Å². The van der Waals surface area contributed by atoms with Gasteiger partial charge in [0, 0.05) is 17.9 Å². The van der Waals surface area contributed by atoms with E-state index in [1.165, 1.54) is 0 Å². The molecule has 0 amide bonds. The van der Waals surface area contributed by atoms with Crippen molar-refractivity contribution >= 4 is 44.5 Å². The Labute approximate surface area is 164 Å². The number of carbonyl (C=O) groups is 1. The molecule has 1 unspecified atom stereocenters. The van der Waals surface area contributed by atoms with Crippen LogP contribution < -0.4 is 0 Å². The first-order valence-corrected chi connectivity index (χ1v) is 9.66. The number of aromatic nitrogens is 1. The van der Waals surface area contributed by atoms with Crippen molar-refractivity contribution in [3.8, 4) is 6.07 Å². The van der Waals surface area contributed by atoms with Crippen LogP contribution in [0.2, 0.25) is 0 Å². The molecule has 6 heteroatoms. The predicted molar refractivity (Wildman–Crippen MR) is 105 cm³/mol. The molecule has 0 bridgehead atoms. The van der Waals surface area contributed by atoms with E-state index in [0.717, 1.165) is 33.0 Å². The number of rotatable bonds is 5. The van der Waals surface area contributed by atoms with Gasteiger partial charge in [0.2, 0.25) is 0 Å². The second-order valence-corrected chi connectivity index (χ2v) is 7.40. The summed E-state index contributed by atoms with van der Waals surface area (Å²) in [5, 5.41) is 9.53. The first kappa shape index (κ1) is 19.1. The van der Waals surface area contributed by atoms with Gasteiger partial charge in [-0.05, 0) is 64.7 Å². The van der Waals surface area contributed by atoms with Gasteiger partial charge in [-0.3, -0.25) is 4.98 Å². The van der Waals surface area contributed by atoms with Crippen LogP contribution in [0.3, 0.4) is 0 Å². The quantitative estimate of drug-likeness (QED) is 0.252. The van der Waals surface area contributed by atoms with Crippen LogP contribution in [0.5, 0.6) is 0 Å². The maximum atomic E-state index is 11.8. The molecule has 0 saturated heterocycles. The Bertz CT molecular complexity index is 738. The van der Waals surface area contributed by atoms with Gasteiger partial charge in [0.25, 0.3) is 0 Å². The van der Waals surface area contributed by atoms with E-state index < -0.39 is 5.97 Å². The van der Waals surface area contributed by atoms with E-state index in [1.54, 1.807) is 6.92 Å². The number of hydrogen-bond donors (Lipinski definition) is 0. The zero-order chi connectivity index (χ0) is 17.7. The van der Waals surface area contributed by atoms with Crippen LogP contribution in [0, 0.1) is 14.9 Å². The SMILES string of the molecule is C=C(Cc1nc(C2C=CCCC2)c(Br)c(C#N)c1I)C(=O)OCC. The zero-order valence-corrected chi connectivity index (χ0v) is 17.2. The molecule has 126 valence electrons. The van der Waals surface area contributed by atoms with Gasteiger partial charge >= 0.3 is 5.97 Å². The van der Waals surface area contributed by atoms with Crippen LogP contribution in [0.15, 0.2) is 28.8 Å². The number of carbonyl (C=O) groups excluding carboxylic acids is 1. The molecule has 1 heterocycles. The summed E-state index contributed by atoms with van der Waals surface area (Å²) in [6, 6.07) is 2.25. The Morgan fingerprint density at radius 2 is 2.38 bits per heavy atom. The van der Waals surface area contributed by atoms with E-state index in [1.807, 2.05) is 0 Å². The normalized spacial score (nSPS) is 16.5. The lowest BCUT2D eigenvalue weighted by atomic mass is 9.91. The molecular weight excluding hydrogens is 483 g/mol. The lowest BCUT2D eigenvalue weighted by Gasteiger charge is -2.20. The Morgan fingerprint density at radius 1 is 1.62 bits per heavy atom. The smallest absolute Gasteiger partial charge is 0.333 e. The van der Waals surface area contributed by atoms with E-state index in [-0.39, 0.29) is 12.3 Å². The number of ether oxygens (including phenoxy) is 1. The molecule has 1 aliphatic carbocycles. The highest BCUT2D eigenvalue weighted by Gasteiger charge is 2.23. The third kappa shape index (κ3) is 4.25. The minimum atomic E-state index is -0.421. The third-order valence-electron chi connectivity index (χ3n) is 3.83. The Morgan fingerprint density at radius 3 is 2.96 bits per heavy atom. The van der Waals surface area contributed by atoms with Crippen LogP contribution in [-0.4, -0.2) is 17.6 Å². The van der Waals surface area contributed by atoms with Crippen LogP contribution in [0.4, 0.5) is 0 Å². The van der Waals surface area contributed by atoms with Gasteiger partial charge in [-0.1, -0.05) is 18.7 Å².